The fraction of sp³-hybridized carbons (Fsp3) is 0.524. The van der Waals surface area contributed by atoms with Crippen LogP contribution in [0.25, 0.3) is 0 Å². The maximum Gasteiger partial charge on any atom is 0.146 e. The molecule has 2 fully saturated rings. The van der Waals surface area contributed by atoms with Crippen LogP contribution < -0.4 is 4.90 Å². The van der Waals surface area contributed by atoms with Crippen LogP contribution in [0.5, 0.6) is 0 Å². The molecule has 0 N–H and O–H groups in total. The van der Waals surface area contributed by atoms with E-state index in [-0.39, 0.29) is 5.82 Å². The molecule has 0 radical (unpaired) electrons. The number of hydrogen-bond donors (Lipinski definition) is 0. The van der Waals surface area contributed by atoms with Crippen molar-refractivity contribution >= 4 is 5.69 Å². The van der Waals surface area contributed by atoms with Crippen LogP contribution in [0, 0.1) is 5.82 Å². The van der Waals surface area contributed by atoms with E-state index in [2.05, 4.69) is 37.6 Å². The highest BCUT2D eigenvalue weighted by Crippen LogP contribution is 2.20. The molecule has 4 rings (SSSR count). The van der Waals surface area contributed by atoms with Gasteiger partial charge in [-0.1, -0.05) is 12.1 Å². The SMILES string of the molecule is Fc1ccccc1N1CCN(Cc2cccn2CCN2CCOCC2)CC1. The largest absolute Gasteiger partial charge is 0.379 e. The minimum atomic E-state index is -0.122. The molecular formula is C21H29FN4O. The van der Waals surface area contributed by atoms with Crippen molar-refractivity contribution in [3.05, 3.63) is 54.1 Å². The van der Waals surface area contributed by atoms with Gasteiger partial charge in [0.2, 0.25) is 0 Å². The average molecular weight is 372 g/mol. The summed E-state index contributed by atoms with van der Waals surface area (Å²) in [6.07, 6.45) is 2.19. The summed E-state index contributed by atoms with van der Waals surface area (Å²) in [5.41, 5.74) is 2.09. The minimum Gasteiger partial charge on any atom is -0.379 e. The number of ether oxygens (including phenoxy) is 1. The van der Waals surface area contributed by atoms with E-state index in [0.29, 0.717) is 0 Å². The monoisotopic (exact) mass is 372 g/mol. The summed E-state index contributed by atoms with van der Waals surface area (Å²) >= 11 is 0. The van der Waals surface area contributed by atoms with Crippen LogP contribution in [-0.2, 0) is 17.8 Å². The van der Waals surface area contributed by atoms with Gasteiger partial charge in [-0.2, -0.15) is 0 Å². The van der Waals surface area contributed by atoms with Crippen molar-refractivity contribution in [1.82, 2.24) is 14.4 Å². The van der Waals surface area contributed by atoms with Crippen LogP contribution in [-0.4, -0.2) is 73.4 Å². The lowest BCUT2D eigenvalue weighted by molar-refractivity contribution is 0.0362. The number of benzene rings is 1. The van der Waals surface area contributed by atoms with Gasteiger partial charge in [-0.25, -0.2) is 4.39 Å². The molecule has 2 aromatic rings. The maximum absolute atomic E-state index is 14.0. The molecule has 3 heterocycles. The normalized spacial score (nSPS) is 19.5. The van der Waals surface area contributed by atoms with Gasteiger partial charge < -0.3 is 14.2 Å². The molecule has 0 atom stereocenters. The Kier molecular flexibility index (Phi) is 6.07. The number of para-hydroxylation sites is 1. The zero-order valence-electron chi connectivity index (χ0n) is 15.9. The number of rotatable bonds is 6. The van der Waals surface area contributed by atoms with Gasteiger partial charge in [0.15, 0.2) is 0 Å². The van der Waals surface area contributed by atoms with Crippen molar-refractivity contribution in [2.24, 2.45) is 0 Å². The van der Waals surface area contributed by atoms with Gasteiger partial charge >= 0.3 is 0 Å². The van der Waals surface area contributed by atoms with Crippen molar-refractivity contribution in [2.45, 2.75) is 13.1 Å². The first-order chi connectivity index (χ1) is 13.3. The van der Waals surface area contributed by atoms with Crippen molar-refractivity contribution in [2.75, 3.05) is 63.9 Å². The predicted molar refractivity (Wildman–Crippen MR) is 106 cm³/mol. The van der Waals surface area contributed by atoms with Gasteiger partial charge in [-0.05, 0) is 24.3 Å². The predicted octanol–water partition coefficient (Wildman–Crippen LogP) is 2.28. The summed E-state index contributed by atoms with van der Waals surface area (Å²) in [5.74, 6) is -0.122. The quantitative estimate of drug-likeness (QED) is 0.776. The number of anilines is 1. The molecule has 6 heteroatoms. The molecule has 5 nitrogen and oxygen atoms in total. The van der Waals surface area contributed by atoms with E-state index >= 15 is 0 Å². The molecule has 0 aliphatic carbocycles. The molecule has 2 aliphatic rings. The highest BCUT2D eigenvalue weighted by molar-refractivity contribution is 5.48. The van der Waals surface area contributed by atoms with Gasteiger partial charge in [0.25, 0.3) is 0 Å². The van der Waals surface area contributed by atoms with E-state index in [9.17, 15) is 4.39 Å². The van der Waals surface area contributed by atoms with E-state index in [1.54, 1.807) is 12.1 Å². The van der Waals surface area contributed by atoms with Crippen LogP contribution in [0.4, 0.5) is 10.1 Å². The van der Waals surface area contributed by atoms with Crippen molar-refractivity contribution < 1.29 is 9.13 Å². The first-order valence-electron chi connectivity index (χ1n) is 9.95. The topological polar surface area (TPSA) is 23.9 Å². The second-order valence-electron chi connectivity index (χ2n) is 7.36. The molecule has 0 bridgehead atoms. The Morgan fingerprint density at radius 1 is 0.815 bits per heavy atom. The summed E-state index contributed by atoms with van der Waals surface area (Å²) in [5, 5.41) is 0. The number of nitrogens with zero attached hydrogens (tertiary/aromatic N) is 4. The highest BCUT2D eigenvalue weighted by Gasteiger charge is 2.20. The zero-order chi connectivity index (χ0) is 18.5. The lowest BCUT2D eigenvalue weighted by Crippen LogP contribution is -2.46. The van der Waals surface area contributed by atoms with Crippen LogP contribution in [0.3, 0.4) is 0 Å². The van der Waals surface area contributed by atoms with Crippen molar-refractivity contribution in [3.8, 4) is 0 Å². The van der Waals surface area contributed by atoms with Crippen LogP contribution in [0.2, 0.25) is 0 Å². The Balaban J connectivity index is 1.28. The lowest BCUT2D eigenvalue weighted by atomic mass is 10.2. The Bertz CT molecular complexity index is 720. The van der Waals surface area contributed by atoms with E-state index in [1.165, 1.54) is 5.69 Å². The van der Waals surface area contributed by atoms with Crippen LogP contribution >= 0.6 is 0 Å². The summed E-state index contributed by atoms with van der Waals surface area (Å²) in [7, 11) is 0. The zero-order valence-corrected chi connectivity index (χ0v) is 15.9. The Morgan fingerprint density at radius 2 is 1.59 bits per heavy atom. The fourth-order valence-electron chi connectivity index (χ4n) is 3.97. The van der Waals surface area contributed by atoms with Gasteiger partial charge in [-0.3, -0.25) is 9.80 Å². The van der Waals surface area contributed by atoms with Crippen molar-refractivity contribution in [3.63, 3.8) is 0 Å². The number of hydrogen-bond acceptors (Lipinski definition) is 4. The van der Waals surface area contributed by atoms with E-state index in [0.717, 1.165) is 77.8 Å². The molecule has 1 aromatic heterocycles. The summed E-state index contributed by atoms with van der Waals surface area (Å²) in [6, 6.07) is 11.4. The average Bonchev–Trinajstić information content (AvgIpc) is 3.15. The van der Waals surface area contributed by atoms with Crippen molar-refractivity contribution in [1.29, 1.82) is 0 Å². The van der Waals surface area contributed by atoms with Crippen LogP contribution in [0.15, 0.2) is 42.6 Å². The van der Waals surface area contributed by atoms with Gasteiger partial charge in [0, 0.05) is 70.8 Å². The van der Waals surface area contributed by atoms with Gasteiger partial charge in [-0.15, -0.1) is 0 Å². The molecule has 146 valence electrons. The first-order valence-corrected chi connectivity index (χ1v) is 9.95. The van der Waals surface area contributed by atoms with E-state index in [4.69, 9.17) is 4.74 Å². The summed E-state index contributed by atoms with van der Waals surface area (Å²) in [4.78, 5) is 7.10. The number of morpholine rings is 1. The smallest absolute Gasteiger partial charge is 0.146 e. The molecular weight excluding hydrogens is 343 g/mol. The molecule has 2 aliphatic heterocycles. The second kappa shape index (κ2) is 8.87. The molecule has 2 saturated heterocycles. The molecule has 27 heavy (non-hydrogen) atoms. The molecule has 0 spiro atoms. The molecule has 1 aromatic carbocycles. The Morgan fingerprint density at radius 3 is 2.37 bits per heavy atom. The summed E-state index contributed by atoms with van der Waals surface area (Å²) in [6.45, 7) is 10.5. The highest BCUT2D eigenvalue weighted by atomic mass is 19.1. The lowest BCUT2D eigenvalue weighted by Gasteiger charge is -2.36. The van der Waals surface area contributed by atoms with E-state index < -0.39 is 0 Å². The standard InChI is InChI=1S/C21H29FN4O/c22-20-5-1-2-6-21(20)26-12-9-24(10-13-26)18-19-4-3-7-25(19)11-8-23-14-16-27-17-15-23/h1-7H,8-18H2. The van der Waals surface area contributed by atoms with Crippen LogP contribution in [0.1, 0.15) is 5.69 Å². The minimum absolute atomic E-state index is 0.122. The number of halogens is 1. The third-order valence-electron chi connectivity index (χ3n) is 5.64. The van der Waals surface area contributed by atoms with Gasteiger partial charge in [0.1, 0.15) is 5.82 Å². The number of piperazine rings is 1. The molecule has 0 saturated carbocycles. The fourth-order valence-corrected chi connectivity index (χ4v) is 3.97. The first kappa shape index (κ1) is 18.5. The van der Waals surface area contributed by atoms with Gasteiger partial charge in [0.05, 0.1) is 18.9 Å². The van der Waals surface area contributed by atoms with E-state index in [1.807, 2.05) is 12.1 Å². The second-order valence-corrected chi connectivity index (χ2v) is 7.36. The maximum atomic E-state index is 14.0. The Labute approximate surface area is 160 Å². The Hall–Kier alpha value is -1.89. The number of aromatic nitrogens is 1. The third kappa shape index (κ3) is 4.69. The summed E-state index contributed by atoms with van der Waals surface area (Å²) < 4.78 is 21.8. The molecule has 0 amide bonds. The molecule has 0 unspecified atom stereocenters. The third-order valence-corrected chi connectivity index (χ3v) is 5.64.